The quantitative estimate of drug-likeness (QED) is 0.539. The SMILES string of the molecule is COC(=O)C1(Nc2cccc(Cl)c2)CCC2(CC1)c1ccccc1CC2CC(CO)CO. The molecule has 2 aliphatic rings. The molecule has 0 saturated heterocycles. The Balaban J connectivity index is 1.64. The predicted molar refractivity (Wildman–Crippen MR) is 126 cm³/mol. The zero-order valence-electron chi connectivity index (χ0n) is 18.5. The summed E-state index contributed by atoms with van der Waals surface area (Å²) in [7, 11) is 1.44. The lowest BCUT2D eigenvalue weighted by Crippen LogP contribution is -2.53. The van der Waals surface area contributed by atoms with Crippen LogP contribution >= 0.6 is 11.6 Å². The van der Waals surface area contributed by atoms with E-state index >= 15 is 0 Å². The van der Waals surface area contributed by atoms with Crippen LogP contribution in [0, 0.1) is 11.8 Å². The third kappa shape index (κ3) is 4.14. The van der Waals surface area contributed by atoms with Crippen LogP contribution in [-0.4, -0.2) is 42.0 Å². The van der Waals surface area contributed by atoms with E-state index in [-0.39, 0.29) is 30.5 Å². The minimum atomic E-state index is -0.805. The number of fused-ring (bicyclic) bond motifs is 2. The van der Waals surface area contributed by atoms with Crippen molar-refractivity contribution in [3.63, 3.8) is 0 Å². The van der Waals surface area contributed by atoms with Crippen LogP contribution in [0.2, 0.25) is 5.02 Å². The second-order valence-electron chi connectivity index (χ2n) is 9.39. The summed E-state index contributed by atoms with van der Waals surface area (Å²) < 4.78 is 5.24. The molecule has 2 aliphatic carbocycles. The molecule has 3 N–H and O–H groups in total. The molecule has 0 amide bonds. The molecule has 1 saturated carbocycles. The molecular weight excluding hydrogens is 426 g/mol. The molecule has 5 nitrogen and oxygen atoms in total. The summed E-state index contributed by atoms with van der Waals surface area (Å²) in [6.07, 6.45) is 4.66. The van der Waals surface area contributed by atoms with E-state index in [0.717, 1.165) is 31.4 Å². The normalized spacial score (nSPS) is 26.8. The maximum Gasteiger partial charge on any atom is 0.331 e. The number of aliphatic hydroxyl groups is 2. The molecule has 0 bridgehead atoms. The number of carbonyl (C=O) groups is 1. The Bertz CT molecular complexity index is 950. The van der Waals surface area contributed by atoms with E-state index in [1.807, 2.05) is 24.3 Å². The van der Waals surface area contributed by atoms with Crippen molar-refractivity contribution in [2.24, 2.45) is 11.8 Å². The van der Waals surface area contributed by atoms with Crippen molar-refractivity contribution in [2.75, 3.05) is 25.6 Å². The van der Waals surface area contributed by atoms with Crippen LogP contribution in [0.3, 0.4) is 0 Å². The second kappa shape index (κ2) is 9.42. The van der Waals surface area contributed by atoms with Crippen molar-refractivity contribution in [1.29, 1.82) is 0 Å². The largest absolute Gasteiger partial charge is 0.467 e. The molecule has 32 heavy (non-hydrogen) atoms. The van der Waals surface area contributed by atoms with Gasteiger partial charge in [-0.05, 0) is 79.2 Å². The van der Waals surface area contributed by atoms with Crippen LogP contribution in [0.15, 0.2) is 48.5 Å². The van der Waals surface area contributed by atoms with Gasteiger partial charge in [0.1, 0.15) is 5.54 Å². The number of nitrogens with one attached hydrogen (secondary N) is 1. The predicted octanol–water partition coefficient (Wildman–Crippen LogP) is 4.34. The van der Waals surface area contributed by atoms with Gasteiger partial charge in [-0.15, -0.1) is 0 Å². The van der Waals surface area contributed by atoms with Gasteiger partial charge >= 0.3 is 5.97 Å². The first-order chi connectivity index (χ1) is 15.5. The van der Waals surface area contributed by atoms with E-state index < -0.39 is 5.54 Å². The fourth-order valence-corrected chi connectivity index (χ4v) is 6.19. The average molecular weight is 458 g/mol. The van der Waals surface area contributed by atoms with E-state index in [1.54, 1.807) is 0 Å². The van der Waals surface area contributed by atoms with Gasteiger partial charge in [-0.2, -0.15) is 0 Å². The topological polar surface area (TPSA) is 78.8 Å². The summed E-state index contributed by atoms with van der Waals surface area (Å²) in [6.45, 7) is -0.0241. The molecule has 2 aromatic carbocycles. The fourth-order valence-electron chi connectivity index (χ4n) is 6.00. The standard InChI is InChI=1S/C26H32ClNO4/c1-32-24(31)26(28-22-7-4-6-21(27)15-22)11-9-25(10-12-26)20(13-18(16-29)17-30)14-19-5-2-3-8-23(19)25/h2-8,15,18,20,28-30H,9-14,16-17H2,1H3. The number of benzene rings is 2. The number of ether oxygens (including phenoxy) is 1. The van der Waals surface area contributed by atoms with Gasteiger partial charge < -0.3 is 20.3 Å². The van der Waals surface area contributed by atoms with Gasteiger partial charge in [-0.3, -0.25) is 0 Å². The molecular formula is C26H32ClNO4. The Labute approximate surface area is 194 Å². The number of carbonyl (C=O) groups excluding carboxylic acids is 1. The monoisotopic (exact) mass is 457 g/mol. The zero-order valence-corrected chi connectivity index (χ0v) is 19.3. The number of hydrogen-bond acceptors (Lipinski definition) is 5. The number of esters is 1. The lowest BCUT2D eigenvalue weighted by Gasteiger charge is -2.47. The maximum atomic E-state index is 13.0. The number of rotatable bonds is 7. The first-order valence-corrected chi connectivity index (χ1v) is 11.8. The van der Waals surface area contributed by atoms with Gasteiger partial charge in [0.25, 0.3) is 0 Å². The summed E-state index contributed by atoms with van der Waals surface area (Å²) in [5, 5.41) is 23.5. The molecule has 2 aromatic rings. The highest BCUT2D eigenvalue weighted by Gasteiger charge is 2.54. The second-order valence-corrected chi connectivity index (χ2v) is 9.83. The zero-order chi connectivity index (χ0) is 22.8. The van der Waals surface area contributed by atoms with Crippen LogP contribution in [0.1, 0.15) is 43.2 Å². The van der Waals surface area contributed by atoms with E-state index in [4.69, 9.17) is 16.3 Å². The van der Waals surface area contributed by atoms with Crippen molar-refractivity contribution in [2.45, 2.75) is 49.5 Å². The molecule has 4 rings (SSSR count). The van der Waals surface area contributed by atoms with Crippen LogP contribution in [0.5, 0.6) is 0 Å². The lowest BCUT2D eigenvalue weighted by atomic mass is 9.59. The molecule has 0 radical (unpaired) electrons. The highest BCUT2D eigenvalue weighted by molar-refractivity contribution is 6.30. The van der Waals surface area contributed by atoms with Crippen molar-refractivity contribution in [3.05, 3.63) is 64.7 Å². The molecule has 1 atom stereocenters. The Hall–Kier alpha value is -2.08. The highest BCUT2D eigenvalue weighted by atomic mass is 35.5. The number of methoxy groups -OCH3 is 1. The lowest BCUT2D eigenvalue weighted by molar-refractivity contribution is -0.148. The third-order valence-corrected chi connectivity index (χ3v) is 7.95. The summed E-state index contributed by atoms with van der Waals surface area (Å²) in [4.78, 5) is 13.0. The van der Waals surface area contributed by atoms with Crippen LogP contribution < -0.4 is 5.32 Å². The van der Waals surface area contributed by atoms with E-state index in [9.17, 15) is 15.0 Å². The van der Waals surface area contributed by atoms with Gasteiger partial charge in [0.05, 0.1) is 7.11 Å². The van der Waals surface area contributed by atoms with Gasteiger partial charge in [0.15, 0.2) is 0 Å². The minimum absolute atomic E-state index is 0.0121. The average Bonchev–Trinajstić information content (AvgIpc) is 3.11. The van der Waals surface area contributed by atoms with Crippen molar-refractivity contribution in [1.82, 2.24) is 0 Å². The van der Waals surface area contributed by atoms with E-state index in [2.05, 4.69) is 29.6 Å². The fraction of sp³-hybridized carbons (Fsp3) is 0.500. The smallest absolute Gasteiger partial charge is 0.331 e. The van der Waals surface area contributed by atoms with E-state index in [1.165, 1.54) is 18.2 Å². The number of hydrogen-bond donors (Lipinski definition) is 3. The summed E-state index contributed by atoms with van der Waals surface area (Å²) >= 11 is 6.17. The molecule has 1 spiro atoms. The van der Waals surface area contributed by atoms with Crippen LogP contribution in [-0.2, 0) is 21.4 Å². The molecule has 6 heteroatoms. The number of anilines is 1. The van der Waals surface area contributed by atoms with Crippen LogP contribution in [0.25, 0.3) is 0 Å². The first kappa shape index (κ1) is 23.1. The van der Waals surface area contributed by atoms with Gasteiger partial charge in [0.2, 0.25) is 0 Å². The van der Waals surface area contributed by atoms with Gasteiger partial charge in [0, 0.05) is 29.8 Å². The van der Waals surface area contributed by atoms with Crippen molar-refractivity contribution >= 4 is 23.3 Å². The first-order valence-electron chi connectivity index (χ1n) is 11.4. The van der Waals surface area contributed by atoms with E-state index in [0.29, 0.717) is 23.8 Å². The molecule has 0 heterocycles. The summed E-state index contributed by atoms with van der Waals surface area (Å²) in [5.41, 5.74) is 2.65. The Morgan fingerprint density at radius 3 is 2.50 bits per heavy atom. The van der Waals surface area contributed by atoms with Crippen LogP contribution in [0.4, 0.5) is 5.69 Å². The molecule has 0 aliphatic heterocycles. The summed E-state index contributed by atoms with van der Waals surface area (Å²) in [5.74, 6) is -0.0483. The van der Waals surface area contributed by atoms with Crippen molar-refractivity contribution < 1.29 is 19.7 Å². The number of aliphatic hydroxyl groups excluding tert-OH is 2. The molecule has 172 valence electrons. The Morgan fingerprint density at radius 1 is 1.12 bits per heavy atom. The minimum Gasteiger partial charge on any atom is -0.467 e. The Kier molecular flexibility index (Phi) is 6.80. The summed E-state index contributed by atoms with van der Waals surface area (Å²) in [6, 6.07) is 16.0. The third-order valence-electron chi connectivity index (χ3n) is 7.72. The van der Waals surface area contributed by atoms with Gasteiger partial charge in [-0.25, -0.2) is 4.79 Å². The number of halogens is 1. The van der Waals surface area contributed by atoms with Crippen molar-refractivity contribution in [3.8, 4) is 0 Å². The maximum absolute atomic E-state index is 13.0. The van der Waals surface area contributed by atoms with Gasteiger partial charge in [-0.1, -0.05) is 41.9 Å². The molecule has 1 fully saturated rings. The molecule has 0 aromatic heterocycles. The highest BCUT2D eigenvalue weighted by Crippen LogP contribution is 2.56. The molecule has 1 unspecified atom stereocenters. The Morgan fingerprint density at radius 2 is 1.84 bits per heavy atom.